The maximum Gasteiger partial charge on any atom is 0.574 e. The molecule has 0 unspecified atom stereocenters. The van der Waals surface area contributed by atoms with E-state index >= 15 is 0 Å². The van der Waals surface area contributed by atoms with Crippen LogP contribution in [0.5, 0.6) is 11.6 Å². The second kappa shape index (κ2) is 4.44. The lowest BCUT2D eigenvalue weighted by Gasteiger charge is -2.13. The normalized spacial score (nSPS) is 12.3. The van der Waals surface area contributed by atoms with E-state index < -0.39 is 40.3 Å². The molecule has 0 bridgehead atoms. The Morgan fingerprint density at radius 3 is 2.16 bits per heavy atom. The Bertz CT molecular complexity index is 512. The molecule has 0 radical (unpaired) electrons. The van der Waals surface area contributed by atoms with Crippen molar-refractivity contribution in [1.29, 1.82) is 0 Å². The minimum atomic E-state index is -5.46. The number of hydrogen-bond donors (Lipinski definition) is 1. The summed E-state index contributed by atoms with van der Waals surface area (Å²) >= 11 is 0. The summed E-state index contributed by atoms with van der Waals surface area (Å²) < 4.78 is 75.8. The Kier molecular flexibility index (Phi) is 3.45. The number of pyridine rings is 1. The van der Waals surface area contributed by atoms with Gasteiger partial charge in [-0.1, -0.05) is 0 Å². The molecule has 1 rings (SSSR count). The third-order valence-electron chi connectivity index (χ3n) is 1.69. The molecule has 0 aromatic carbocycles. The highest BCUT2D eigenvalue weighted by Crippen LogP contribution is 2.45. The van der Waals surface area contributed by atoms with E-state index in [9.17, 15) is 36.5 Å². The van der Waals surface area contributed by atoms with Gasteiger partial charge in [-0.2, -0.15) is 13.2 Å². The van der Waals surface area contributed by atoms with Gasteiger partial charge in [0.05, 0.1) is 4.92 Å². The molecule has 0 aliphatic heterocycles. The van der Waals surface area contributed by atoms with Crippen LogP contribution in [-0.4, -0.2) is 21.4 Å². The van der Waals surface area contributed by atoms with Crippen LogP contribution in [0.1, 0.15) is 5.56 Å². The molecule has 0 spiro atoms. The lowest BCUT2D eigenvalue weighted by Crippen LogP contribution is -2.19. The van der Waals surface area contributed by atoms with Crippen LogP contribution in [0.3, 0.4) is 0 Å². The topological polar surface area (TPSA) is 85.5 Å². The van der Waals surface area contributed by atoms with Crippen molar-refractivity contribution >= 4 is 5.69 Å². The van der Waals surface area contributed by atoms with Crippen molar-refractivity contribution in [1.82, 2.24) is 4.98 Å². The molecule has 106 valence electrons. The lowest BCUT2D eigenvalue weighted by atomic mass is 10.2. The van der Waals surface area contributed by atoms with Gasteiger partial charge in [-0.3, -0.25) is 10.1 Å². The van der Waals surface area contributed by atoms with Crippen LogP contribution in [-0.2, 0) is 6.18 Å². The summed E-state index contributed by atoms with van der Waals surface area (Å²) in [6, 6.07) is 0. The van der Waals surface area contributed by atoms with Crippen molar-refractivity contribution in [2.24, 2.45) is 0 Å². The quantitative estimate of drug-likeness (QED) is 0.514. The minimum Gasteiger partial charge on any atom is -0.502 e. The van der Waals surface area contributed by atoms with Crippen LogP contribution in [0.2, 0.25) is 0 Å². The van der Waals surface area contributed by atoms with Crippen LogP contribution in [0.25, 0.3) is 0 Å². The van der Waals surface area contributed by atoms with Gasteiger partial charge in [-0.25, -0.2) is 4.98 Å². The van der Waals surface area contributed by atoms with Crippen molar-refractivity contribution < 1.29 is 41.1 Å². The molecule has 1 N–H and O–H groups in total. The van der Waals surface area contributed by atoms with Gasteiger partial charge in [0.25, 0.3) is 5.88 Å². The third-order valence-corrected chi connectivity index (χ3v) is 1.69. The first-order valence-electron chi connectivity index (χ1n) is 4.12. The average Bonchev–Trinajstić information content (AvgIpc) is 2.16. The monoisotopic (exact) mass is 292 g/mol. The smallest absolute Gasteiger partial charge is 0.502 e. The molecule has 0 saturated heterocycles. The molecule has 1 heterocycles. The third kappa shape index (κ3) is 3.35. The number of halogens is 6. The van der Waals surface area contributed by atoms with Gasteiger partial charge in [-0.15, -0.1) is 13.2 Å². The number of ether oxygens (including phenoxy) is 1. The van der Waals surface area contributed by atoms with E-state index in [0.29, 0.717) is 0 Å². The largest absolute Gasteiger partial charge is 0.574 e. The van der Waals surface area contributed by atoms with E-state index in [1.54, 1.807) is 0 Å². The highest BCUT2D eigenvalue weighted by atomic mass is 19.4. The van der Waals surface area contributed by atoms with E-state index in [-0.39, 0.29) is 6.20 Å². The highest BCUT2D eigenvalue weighted by molar-refractivity contribution is 5.53. The fraction of sp³-hybridized carbons (Fsp3) is 0.286. The average molecular weight is 292 g/mol. The zero-order valence-corrected chi connectivity index (χ0v) is 8.41. The lowest BCUT2D eigenvalue weighted by molar-refractivity contribution is -0.388. The van der Waals surface area contributed by atoms with Crippen LogP contribution < -0.4 is 4.74 Å². The summed E-state index contributed by atoms with van der Waals surface area (Å²) in [4.78, 5) is 11.4. The first-order valence-corrected chi connectivity index (χ1v) is 4.12. The molecular formula is C7H2F6N2O4. The first kappa shape index (κ1) is 14.8. The molecule has 0 fully saturated rings. The Morgan fingerprint density at radius 2 is 1.79 bits per heavy atom. The Morgan fingerprint density at radius 1 is 1.26 bits per heavy atom. The number of aromatic hydroxyl groups is 1. The van der Waals surface area contributed by atoms with Gasteiger partial charge in [0.1, 0.15) is 6.20 Å². The number of nitrogens with zero attached hydrogens (tertiary/aromatic N) is 2. The molecule has 0 saturated carbocycles. The molecule has 1 aromatic heterocycles. The minimum absolute atomic E-state index is 0.0936. The van der Waals surface area contributed by atoms with Crippen LogP contribution >= 0.6 is 0 Å². The number of hydrogen-bond acceptors (Lipinski definition) is 5. The van der Waals surface area contributed by atoms with Crippen LogP contribution in [0.4, 0.5) is 32.0 Å². The number of aromatic nitrogens is 1. The summed E-state index contributed by atoms with van der Waals surface area (Å²) in [5.41, 5.74) is -3.97. The summed E-state index contributed by atoms with van der Waals surface area (Å²) in [6.45, 7) is 0. The molecule has 0 aliphatic rings. The van der Waals surface area contributed by atoms with Gasteiger partial charge in [-0.05, 0) is 0 Å². The Balaban J connectivity index is 3.47. The number of alkyl halides is 6. The van der Waals surface area contributed by atoms with E-state index in [1.165, 1.54) is 0 Å². The zero-order valence-electron chi connectivity index (χ0n) is 8.41. The maximum absolute atomic E-state index is 12.5. The summed E-state index contributed by atoms with van der Waals surface area (Å²) in [7, 11) is 0. The number of rotatable bonds is 2. The van der Waals surface area contributed by atoms with Gasteiger partial charge in [0, 0.05) is 0 Å². The molecule has 12 heteroatoms. The Hall–Kier alpha value is -2.27. The summed E-state index contributed by atoms with van der Waals surface area (Å²) in [5.74, 6) is -3.94. The molecule has 1 aromatic rings. The van der Waals surface area contributed by atoms with Crippen LogP contribution in [0, 0.1) is 10.1 Å². The van der Waals surface area contributed by atoms with E-state index in [1.807, 2.05) is 0 Å². The van der Waals surface area contributed by atoms with Gasteiger partial charge < -0.3 is 9.84 Å². The molecule has 0 atom stereocenters. The molecule has 6 nitrogen and oxygen atoms in total. The van der Waals surface area contributed by atoms with Crippen LogP contribution in [0.15, 0.2) is 6.20 Å². The fourth-order valence-corrected chi connectivity index (χ4v) is 1.08. The predicted octanol–water partition coefficient (Wildman–Crippen LogP) is 2.61. The maximum atomic E-state index is 12.5. The van der Waals surface area contributed by atoms with E-state index in [4.69, 9.17) is 5.11 Å². The molecule has 0 amide bonds. The van der Waals surface area contributed by atoms with E-state index in [0.717, 1.165) is 0 Å². The van der Waals surface area contributed by atoms with Crippen molar-refractivity contribution in [2.45, 2.75) is 12.5 Å². The van der Waals surface area contributed by atoms with Gasteiger partial charge in [0.15, 0.2) is 11.3 Å². The SMILES string of the molecule is O=[N+]([O-])c1cnc(OC(F)(F)F)c(O)c1C(F)(F)F. The molecule has 0 aliphatic carbocycles. The first-order chi connectivity index (χ1) is 8.43. The van der Waals surface area contributed by atoms with Crippen molar-refractivity contribution in [2.75, 3.05) is 0 Å². The molecular weight excluding hydrogens is 290 g/mol. The van der Waals surface area contributed by atoms with E-state index in [2.05, 4.69) is 9.72 Å². The summed E-state index contributed by atoms with van der Waals surface area (Å²) in [6.07, 6.45) is -11.0. The van der Waals surface area contributed by atoms with Gasteiger partial charge in [0.2, 0.25) is 0 Å². The standard InChI is InChI=1S/C7H2F6N2O4/c8-6(9,10)3-2(15(17)18)1-14-5(4(3)16)19-7(11,12)13/h1,16H. The van der Waals surface area contributed by atoms with Crippen molar-refractivity contribution in [3.63, 3.8) is 0 Å². The number of nitro groups is 1. The predicted molar refractivity (Wildman–Crippen MR) is 44.2 cm³/mol. The second-order valence-electron chi connectivity index (χ2n) is 2.97. The summed E-state index contributed by atoms with van der Waals surface area (Å²) in [5, 5.41) is 19.3. The zero-order chi connectivity index (χ0) is 15.0. The second-order valence-corrected chi connectivity index (χ2v) is 2.97. The van der Waals surface area contributed by atoms with Gasteiger partial charge >= 0.3 is 18.2 Å². The van der Waals surface area contributed by atoms with Crippen molar-refractivity contribution in [3.8, 4) is 11.6 Å². The van der Waals surface area contributed by atoms with Crippen molar-refractivity contribution in [3.05, 3.63) is 21.9 Å². The fourth-order valence-electron chi connectivity index (χ4n) is 1.08. The molecule has 19 heavy (non-hydrogen) atoms. The Labute approximate surface area is 98.9 Å². The highest BCUT2D eigenvalue weighted by Gasteiger charge is 2.45.